The topological polar surface area (TPSA) is 174 Å². The highest BCUT2D eigenvalue weighted by atomic mass is 32.2. The molecular weight excluding hydrogens is 587 g/mol. The Kier molecular flexibility index (Phi) is 8.15. The van der Waals surface area contributed by atoms with Crippen LogP contribution < -0.4 is 10.0 Å². The number of nitrogens with zero attached hydrogens (tertiary/aromatic N) is 6. The van der Waals surface area contributed by atoms with E-state index in [2.05, 4.69) is 25.0 Å². The number of aromatic hydroxyl groups is 1. The zero-order valence-electron chi connectivity index (χ0n) is 20.4. The molecular formula is C22H22N7O6S4+. The van der Waals surface area contributed by atoms with Gasteiger partial charge in [-0.15, -0.1) is 23.1 Å². The number of fused-ring (bicyclic) bond motifs is 1. The van der Waals surface area contributed by atoms with Crippen molar-refractivity contribution in [2.24, 2.45) is 18.1 Å². The lowest BCUT2D eigenvalue weighted by Crippen LogP contribution is -2.68. The van der Waals surface area contributed by atoms with E-state index in [1.807, 2.05) is 41.5 Å². The number of aryl methyl sites for hydroxylation is 1. The molecule has 5 heterocycles. The number of carbonyl (C=O) groups excluding carboxylic acids is 1. The van der Waals surface area contributed by atoms with E-state index in [-0.39, 0.29) is 29.0 Å². The number of hydrogen-bond acceptors (Lipinski definition) is 14. The van der Waals surface area contributed by atoms with Crippen molar-refractivity contribution < 1.29 is 34.4 Å². The van der Waals surface area contributed by atoms with Crippen molar-refractivity contribution in [1.82, 2.24) is 24.7 Å². The number of rotatable bonds is 10. The van der Waals surface area contributed by atoms with Gasteiger partial charge in [0, 0.05) is 45.3 Å². The van der Waals surface area contributed by atoms with Crippen molar-refractivity contribution in [2.75, 3.05) is 12.4 Å². The maximum atomic E-state index is 13.4. The summed E-state index contributed by atoms with van der Waals surface area (Å²) < 4.78 is 6.59. The van der Waals surface area contributed by atoms with Crippen molar-refractivity contribution in [3.63, 3.8) is 0 Å². The van der Waals surface area contributed by atoms with Crippen LogP contribution >= 0.6 is 46.4 Å². The van der Waals surface area contributed by atoms with Crippen LogP contribution in [0.4, 0.5) is 0 Å². The molecule has 1 unspecified atom stereocenters. The van der Waals surface area contributed by atoms with Gasteiger partial charge in [-0.2, -0.15) is 14.8 Å². The zero-order chi connectivity index (χ0) is 27.7. The Bertz CT molecular complexity index is 1460. The summed E-state index contributed by atoms with van der Waals surface area (Å²) >= 11 is 4.70. The predicted octanol–water partition coefficient (Wildman–Crippen LogP) is 1.90. The first-order valence-corrected chi connectivity index (χ1v) is 15.0. The second-order valence-corrected chi connectivity index (χ2v) is 12.3. The number of thioether (sulfide) groups is 2. The van der Waals surface area contributed by atoms with E-state index in [1.54, 1.807) is 6.92 Å². The second kappa shape index (κ2) is 11.6. The van der Waals surface area contributed by atoms with Gasteiger partial charge in [-0.05, 0) is 6.92 Å². The number of amides is 1. The number of carboxylic acids is 1. The number of carbonyl (C=O) groups is 2. The SMILES string of the molecule is CCO/N=C(/c1nsc(O)n1)C(NO)[C@@H]1C(=O)N2C(C(=O)O)=C(Sc3nc(-c4cc[n+](C)cc4)cs3)CS[C@H]12. The summed E-state index contributed by atoms with van der Waals surface area (Å²) in [5.41, 5.74) is 3.72. The number of β-lactam (4-membered cyclic amide) rings is 1. The fourth-order valence-corrected chi connectivity index (χ4v) is 8.08. The Hall–Kier alpha value is -3.09. The van der Waals surface area contributed by atoms with E-state index in [0.29, 0.717) is 26.5 Å². The average Bonchev–Trinajstić information content (AvgIpc) is 3.57. The number of carboxylic acid groups (broad SMARTS) is 1. The first-order chi connectivity index (χ1) is 18.8. The van der Waals surface area contributed by atoms with Gasteiger partial charge in [0.15, 0.2) is 22.6 Å². The minimum Gasteiger partial charge on any atom is -0.485 e. The van der Waals surface area contributed by atoms with Gasteiger partial charge >= 0.3 is 5.97 Å². The molecule has 0 bridgehead atoms. The van der Waals surface area contributed by atoms with Crippen molar-refractivity contribution >= 4 is 64.0 Å². The molecule has 0 radical (unpaired) electrons. The summed E-state index contributed by atoms with van der Waals surface area (Å²) in [7, 11) is 1.92. The molecule has 17 heteroatoms. The number of nitrogens with one attached hydrogen (secondary N) is 1. The zero-order valence-corrected chi connectivity index (χ0v) is 23.7. The number of aliphatic carboxylic acids is 1. The highest BCUT2D eigenvalue weighted by Crippen LogP contribution is 2.49. The molecule has 39 heavy (non-hydrogen) atoms. The van der Waals surface area contributed by atoms with Crippen LogP contribution in [0.1, 0.15) is 12.7 Å². The maximum Gasteiger partial charge on any atom is 0.353 e. The van der Waals surface area contributed by atoms with Gasteiger partial charge in [0.25, 0.3) is 5.19 Å². The normalized spacial score (nSPS) is 20.0. The molecule has 5 rings (SSSR count). The highest BCUT2D eigenvalue weighted by molar-refractivity contribution is 8.07. The minimum absolute atomic E-state index is 0.0125. The lowest BCUT2D eigenvalue weighted by atomic mass is 9.86. The van der Waals surface area contributed by atoms with E-state index < -0.39 is 29.2 Å². The van der Waals surface area contributed by atoms with E-state index in [0.717, 1.165) is 11.3 Å². The summed E-state index contributed by atoms with van der Waals surface area (Å²) in [5.74, 6) is -2.34. The minimum atomic E-state index is -1.23. The van der Waals surface area contributed by atoms with E-state index >= 15 is 0 Å². The van der Waals surface area contributed by atoms with E-state index in [9.17, 15) is 25.0 Å². The molecule has 1 amide bonds. The number of oxime groups is 1. The van der Waals surface area contributed by atoms with Crippen LogP contribution in [-0.2, 0) is 21.5 Å². The lowest BCUT2D eigenvalue weighted by Gasteiger charge is -2.51. The third-order valence-electron chi connectivity index (χ3n) is 5.87. The summed E-state index contributed by atoms with van der Waals surface area (Å²) in [4.78, 5) is 41.2. The van der Waals surface area contributed by atoms with Gasteiger partial charge < -0.3 is 20.3 Å². The highest BCUT2D eigenvalue weighted by Gasteiger charge is 2.58. The summed E-state index contributed by atoms with van der Waals surface area (Å²) in [6, 6.07) is 2.79. The predicted molar refractivity (Wildman–Crippen MR) is 144 cm³/mol. The fourth-order valence-electron chi connectivity index (χ4n) is 4.09. The monoisotopic (exact) mass is 608 g/mol. The second-order valence-electron chi connectivity index (χ2n) is 8.27. The third-order valence-corrected chi connectivity index (χ3v) is 9.90. The number of aromatic nitrogens is 4. The Morgan fingerprint density at radius 1 is 1.38 bits per heavy atom. The van der Waals surface area contributed by atoms with Crippen LogP contribution in [0, 0.1) is 5.92 Å². The van der Waals surface area contributed by atoms with Crippen LogP contribution in [0.25, 0.3) is 11.3 Å². The maximum absolute atomic E-state index is 13.4. The quantitative estimate of drug-likeness (QED) is 0.114. The molecule has 3 atom stereocenters. The number of hydroxylamine groups is 1. The van der Waals surface area contributed by atoms with Crippen molar-refractivity contribution in [3.8, 4) is 16.5 Å². The van der Waals surface area contributed by atoms with Gasteiger partial charge in [-0.25, -0.2) is 14.3 Å². The Morgan fingerprint density at radius 3 is 2.79 bits per heavy atom. The molecule has 4 N–H and O–H groups in total. The summed E-state index contributed by atoms with van der Waals surface area (Å²) in [5, 5.41) is 34.7. The Labute approximate surface area is 238 Å². The fraction of sp³-hybridized carbons (Fsp3) is 0.318. The molecule has 0 aromatic carbocycles. The summed E-state index contributed by atoms with van der Waals surface area (Å²) in [6.07, 6.45) is 3.84. The molecule has 13 nitrogen and oxygen atoms in total. The van der Waals surface area contributed by atoms with E-state index in [4.69, 9.17) is 4.84 Å². The first kappa shape index (κ1) is 27.5. The molecule has 1 fully saturated rings. The van der Waals surface area contributed by atoms with Gasteiger partial charge in [-0.1, -0.05) is 16.9 Å². The van der Waals surface area contributed by atoms with Gasteiger partial charge in [0.2, 0.25) is 5.91 Å². The third kappa shape index (κ3) is 5.37. The number of pyridine rings is 1. The Balaban J connectivity index is 1.40. The number of thiazole rings is 1. The smallest absolute Gasteiger partial charge is 0.353 e. The van der Waals surface area contributed by atoms with Gasteiger partial charge in [0.05, 0.1) is 23.0 Å². The molecule has 1 saturated heterocycles. The molecule has 3 aromatic rings. The van der Waals surface area contributed by atoms with E-state index in [1.165, 1.54) is 39.8 Å². The molecule has 3 aromatic heterocycles. The Morgan fingerprint density at radius 2 is 2.15 bits per heavy atom. The number of hydrogen-bond donors (Lipinski definition) is 4. The van der Waals surface area contributed by atoms with Crippen LogP contribution in [0.5, 0.6) is 5.19 Å². The van der Waals surface area contributed by atoms with Crippen LogP contribution in [-0.4, -0.2) is 76.0 Å². The molecule has 0 aliphatic carbocycles. The largest absolute Gasteiger partial charge is 0.485 e. The molecule has 2 aliphatic rings. The standard InChI is InChI=1S/C22H21N7O6S4/c1-3-35-26-15(17-24-21(33)39-27-17)14(25-34)13-18(30)29-16(20(31)32)12(9-36-19(13)29)38-22-23-11(8-37-22)10-4-6-28(2)7-5-10/h4-8,13-14,19,25,34H,3,9H2,1-2H3,(H-,24,27,31,32,33)/p+1/b26-15+/t13-,14?,19-/m1/s1. The van der Waals surface area contributed by atoms with Crippen LogP contribution in [0.15, 0.2) is 50.0 Å². The molecule has 204 valence electrons. The molecule has 2 aliphatic heterocycles. The molecule has 0 saturated carbocycles. The molecule has 0 spiro atoms. The van der Waals surface area contributed by atoms with Crippen LogP contribution in [0.2, 0.25) is 0 Å². The van der Waals surface area contributed by atoms with Gasteiger partial charge in [-0.3, -0.25) is 9.69 Å². The van der Waals surface area contributed by atoms with Crippen LogP contribution in [0.3, 0.4) is 0 Å². The van der Waals surface area contributed by atoms with Crippen molar-refractivity contribution in [1.29, 1.82) is 0 Å². The lowest BCUT2D eigenvalue weighted by molar-refractivity contribution is -0.671. The van der Waals surface area contributed by atoms with Crippen molar-refractivity contribution in [3.05, 3.63) is 46.3 Å². The van der Waals surface area contributed by atoms with Crippen molar-refractivity contribution in [2.45, 2.75) is 22.7 Å². The first-order valence-electron chi connectivity index (χ1n) is 11.4. The average molecular weight is 609 g/mol. The van der Waals surface area contributed by atoms with Gasteiger partial charge in [0.1, 0.15) is 25.1 Å². The summed E-state index contributed by atoms with van der Waals surface area (Å²) in [6.45, 7) is 1.91.